The first-order chi connectivity index (χ1) is 6.24. The van der Waals surface area contributed by atoms with Gasteiger partial charge in [0.2, 0.25) is 0 Å². The van der Waals surface area contributed by atoms with Gasteiger partial charge in [-0.3, -0.25) is 0 Å². The van der Waals surface area contributed by atoms with Crippen LogP contribution in [0, 0.1) is 0 Å². The first kappa shape index (κ1) is 9.16. The van der Waals surface area contributed by atoms with Gasteiger partial charge in [0.15, 0.2) is 0 Å². The Hall–Kier alpha value is -0.410. The van der Waals surface area contributed by atoms with Crippen molar-refractivity contribution in [3.63, 3.8) is 0 Å². The maximum atomic E-state index is 4.40. The van der Waals surface area contributed by atoms with E-state index < -0.39 is 0 Å². The first-order valence-corrected chi connectivity index (χ1v) is 5.80. The zero-order valence-corrected chi connectivity index (χ0v) is 9.03. The van der Waals surface area contributed by atoms with Crippen molar-refractivity contribution >= 4 is 11.3 Å². The van der Waals surface area contributed by atoms with Crippen LogP contribution in [0.15, 0.2) is 11.6 Å². The van der Waals surface area contributed by atoms with Crippen molar-refractivity contribution in [2.75, 3.05) is 0 Å². The number of hydrogen-bond donors (Lipinski definition) is 1. The molecule has 0 aromatic carbocycles. The Bertz CT molecular complexity index is 266. The van der Waals surface area contributed by atoms with Crippen LogP contribution in [0.3, 0.4) is 0 Å². The monoisotopic (exact) mass is 196 g/mol. The highest BCUT2D eigenvalue weighted by Crippen LogP contribution is 2.31. The molecular weight excluding hydrogens is 180 g/mol. The highest BCUT2D eigenvalue weighted by Gasteiger charge is 2.33. The van der Waals surface area contributed by atoms with E-state index >= 15 is 0 Å². The highest BCUT2D eigenvalue weighted by molar-refractivity contribution is 7.09. The molecule has 3 heteroatoms. The lowest BCUT2D eigenvalue weighted by atomic mass is 10.00. The summed E-state index contributed by atoms with van der Waals surface area (Å²) in [4.78, 5) is 4.40. The van der Waals surface area contributed by atoms with E-state index in [1.165, 1.54) is 17.8 Å². The minimum atomic E-state index is 0.106. The van der Waals surface area contributed by atoms with Crippen LogP contribution in [0.2, 0.25) is 0 Å². The molecule has 0 saturated heterocycles. The summed E-state index contributed by atoms with van der Waals surface area (Å²) in [6, 6.07) is 0.744. The average molecular weight is 196 g/mol. The number of hydrogen-bond acceptors (Lipinski definition) is 3. The summed E-state index contributed by atoms with van der Waals surface area (Å²) < 4.78 is 0. The summed E-state index contributed by atoms with van der Waals surface area (Å²) in [6.45, 7) is 4.47. The number of nitrogens with one attached hydrogen (secondary N) is 1. The van der Waals surface area contributed by atoms with Crippen molar-refractivity contribution in [3.8, 4) is 0 Å². The molecule has 13 heavy (non-hydrogen) atoms. The predicted octanol–water partition coefficient (Wildman–Crippen LogP) is 2.52. The maximum absolute atomic E-state index is 4.40. The lowest BCUT2D eigenvalue weighted by Gasteiger charge is -2.27. The maximum Gasteiger partial charge on any atom is 0.112 e. The van der Waals surface area contributed by atoms with Gasteiger partial charge in [-0.05, 0) is 26.2 Å². The standard InChI is InChI=1S/C10H16N2S/c1-3-10(2,12-8-4-5-8)9-11-6-7-13-9/h6-8,12H,3-5H2,1-2H3. The van der Waals surface area contributed by atoms with Crippen molar-refractivity contribution < 1.29 is 0 Å². The molecule has 1 aliphatic rings. The van der Waals surface area contributed by atoms with Crippen molar-refractivity contribution in [2.45, 2.75) is 44.7 Å². The van der Waals surface area contributed by atoms with E-state index in [0.29, 0.717) is 0 Å². The molecule has 1 aromatic rings. The molecule has 1 saturated carbocycles. The van der Waals surface area contributed by atoms with Gasteiger partial charge >= 0.3 is 0 Å². The summed E-state index contributed by atoms with van der Waals surface area (Å²) in [5.41, 5.74) is 0.106. The second kappa shape index (κ2) is 3.39. The molecule has 1 aliphatic carbocycles. The van der Waals surface area contributed by atoms with Gasteiger partial charge in [0.25, 0.3) is 0 Å². The van der Waals surface area contributed by atoms with Crippen LogP contribution in [0.1, 0.15) is 38.1 Å². The zero-order valence-electron chi connectivity index (χ0n) is 8.21. The SMILES string of the molecule is CCC(C)(NC1CC1)c1nccs1. The molecule has 2 nitrogen and oxygen atoms in total. The molecule has 0 amide bonds. The fourth-order valence-electron chi connectivity index (χ4n) is 1.49. The zero-order chi connectivity index (χ0) is 9.31. The van der Waals surface area contributed by atoms with E-state index in [-0.39, 0.29) is 5.54 Å². The Balaban J connectivity index is 2.13. The quantitative estimate of drug-likeness (QED) is 0.800. The first-order valence-electron chi connectivity index (χ1n) is 4.92. The van der Waals surface area contributed by atoms with E-state index in [4.69, 9.17) is 0 Å². The molecule has 1 fully saturated rings. The molecule has 1 aromatic heterocycles. The molecule has 72 valence electrons. The van der Waals surface area contributed by atoms with Gasteiger partial charge in [-0.25, -0.2) is 4.98 Å². The van der Waals surface area contributed by atoms with E-state index in [9.17, 15) is 0 Å². The van der Waals surface area contributed by atoms with Gasteiger partial charge in [-0.2, -0.15) is 0 Å². The van der Waals surface area contributed by atoms with Crippen LogP contribution in [0.4, 0.5) is 0 Å². The summed E-state index contributed by atoms with van der Waals surface area (Å²) in [5.74, 6) is 0. The van der Waals surface area contributed by atoms with E-state index in [2.05, 4.69) is 29.5 Å². The minimum absolute atomic E-state index is 0.106. The highest BCUT2D eigenvalue weighted by atomic mass is 32.1. The molecule has 1 N–H and O–H groups in total. The van der Waals surface area contributed by atoms with Crippen molar-refractivity contribution in [1.29, 1.82) is 0 Å². The third-order valence-corrected chi connectivity index (χ3v) is 3.75. The molecular formula is C10H16N2S. The largest absolute Gasteiger partial charge is 0.303 e. The normalized spacial score (nSPS) is 21.4. The Morgan fingerprint density at radius 3 is 2.92 bits per heavy atom. The molecule has 0 aliphatic heterocycles. The Morgan fingerprint density at radius 1 is 1.69 bits per heavy atom. The smallest absolute Gasteiger partial charge is 0.112 e. The minimum Gasteiger partial charge on any atom is -0.303 e. The van der Waals surface area contributed by atoms with E-state index in [0.717, 1.165) is 12.5 Å². The van der Waals surface area contributed by atoms with E-state index in [1.54, 1.807) is 11.3 Å². The van der Waals surface area contributed by atoms with Crippen LogP contribution in [-0.2, 0) is 5.54 Å². The second-order valence-corrected chi connectivity index (χ2v) is 4.84. The van der Waals surface area contributed by atoms with Gasteiger partial charge < -0.3 is 5.32 Å². The van der Waals surface area contributed by atoms with Crippen LogP contribution in [0.5, 0.6) is 0 Å². The molecule has 0 radical (unpaired) electrons. The average Bonchev–Trinajstić information content (AvgIpc) is 2.77. The Morgan fingerprint density at radius 2 is 2.46 bits per heavy atom. The van der Waals surface area contributed by atoms with Crippen LogP contribution in [0.25, 0.3) is 0 Å². The Labute approximate surface area is 83.4 Å². The molecule has 1 atom stereocenters. The number of rotatable bonds is 4. The van der Waals surface area contributed by atoms with Gasteiger partial charge in [-0.1, -0.05) is 6.92 Å². The summed E-state index contributed by atoms with van der Waals surface area (Å²) in [6.07, 6.45) is 5.67. The van der Waals surface area contributed by atoms with Gasteiger partial charge in [-0.15, -0.1) is 11.3 Å². The Kier molecular flexibility index (Phi) is 2.39. The lowest BCUT2D eigenvalue weighted by Crippen LogP contribution is -2.40. The van der Waals surface area contributed by atoms with Gasteiger partial charge in [0.1, 0.15) is 5.01 Å². The fourth-order valence-corrected chi connectivity index (χ4v) is 2.32. The van der Waals surface area contributed by atoms with Crippen LogP contribution in [-0.4, -0.2) is 11.0 Å². The molecule has 0 bridgehead atoms. The number of thiazole rings is 1. The number of nitrogens with zero attached hydrogens (tertiary/aromatic N) is 1. The second-order valence-electron chi connectivity index (χ2n) is 3.94. The number of aromatic nitrogens is 1. The predicted molar refractivity (Wildman–Crippen MR) is 55.9 cm³/mol. The molecule has 0 spiro atoms. The van der Waals surface area contributed by atoms with Gasteiger partial charge in [0.05, 0.1) is 5.54 Å². The molecule has 1 heterocycles. The fraction of sp³-hybridized carbons (Fsp3) is 0.700. The molecule has 2 rings (SSSR count). The lowest BCUT2D eigenvalue weighted by molar-refractivity contribution is 0.348. The van der Waals surface area contributed by atoms with E-state index in [1.807, 2.05) is 6.20 Å². The van der Waals surface area contributed by atoms with Crippen molar-refractivity contribution in [3.05, 3.63) is 16.6 Å². The van der Waals surface area contributed by atoms with Gasteiger partial charge in [0, 0.05) is 17.6 Å². The van der Waals surface area contributed by atoms with Crippen molar-refractivity contribution in [2.24, 2.45) is 0 Å². The summed E-state index contributed by atoms with van der Waals surface area (Å²) in [5, 5.41) is 6.94. The van der Waals surface area contributed by atoms with Crippen LogP contribution < -0.4 is 5.32 Å². The van der Waals surface area contributed by atoms with Crippen molar-refractivity contribution in [1.82, 2.24) is 10.3 Å². The summed E-state index contributed by atoms with van der Waals surface area (Å²) >= 11 is 1.75. The molecule has 1 unspecified atom stereocenters. The third kappa shape index (κ3) is 1.92. The third-order valence-electron chi connectivity index (χ3n) is 2.71. The van der Waals surface area contributed by atoms with Crippen LogP contribution >= 0.6 is 11.3 Å². The summed E-state index contributed by atoms with van der Waals surface area (Å²) in [7, 11) is 0. The topological polar surface area (TPSA) is 24.9 Å².